The van der Waals surface area contributed by atoms with Crippen molar-refractivity contribution in [1.29, 1.82) is 0 Å². The summed E-state index contributed by atoms with van der Waals surface area (Å²) in [5.41, 5.74) is 0. The summed E-state index contributed by atoms with van der Waals surface area (Å²) in [5, 5.41) is 0.257. The molecule has 0 radical (unpaired) electrons. The number of thioether (sulfide) groups is 1. The minimum absolute atomic E-state index is 0.0303. The third kappa shape index (κ3) is 8.04. The summed E-state index contributed by atoms with van der Waals surface area (Å²) < 4.78 is 0. The Kier molecular flexibility index (Phi) is 10.7. The van der Waals surface area contributed by atoms with Crippen LogP contribution in [-0.4, -0.2) is 33.8 Å². The highest BCUT2D eigenvalue weighted by Gasteiger charge is 2.38. The average molecular weight is 356 g/mol. The number of unbranched alkanes of at least 4 members (excludes halogenated alkanes) is 5. The summed E-state index contributed by atoms with van der Waals surface area (Å²) in [6.07, 6.45) is 11.7. The van der Waals surface area contributed by atoms with Crippen molar-refractivity contribution < 1.29 is 9.59 Å². The van der Waals surface area contributed by atoms with Crippen LogP contribution in [0.5, 0.6) is 0 Å². The number of hydrogen-bond donors (Lipinski definition) is 0. The van der Waals surface area contributed by atoms with Gasteiger partial charge in [-0.2, -0.15) is 0 Å². The molecule has 0 spiro atoms. The normalized spacial score (nSPS) is 19.5. The highest BCUT2D eigenvalue weighted by molar-refractivity contribution is 8.01. The number of rotatable bonds is 13. The second-order valence-corrected chi connectivity index (χ2v) is 9.35. The van der Waals surface area contributed by atoms with Gasteiger partial charge in [-0.25, -0.2) is 0 Å². The summed E-state index contributed by atoms with van der Waals surface area (Å²) >= 11 is 1.62. The SMILES string of the molecule is CCCCCC(C)CCCCCCN1C(=O)C[C@@H](SC(C)C)C1=O. The van der Waals surface area contributed by atoms with Crippen LogP contribution < -0.4 is 0 Å². The molecule has 0 aromatic heterocycles. The van der Waals surface area contributed by atoms with E-state index in [1.165, 1.54) is 49.8 Å². The Morgan fingerprint density at radius 2 is 1.62 bits per heavy atom. The fourth-order valence-electron chi connectivity index (χ4n) is 3.33. The molecule has 0 aliphatic carbocycles. The standard InChI is InChI=1S/C20H37NO2S/c1-5-6-9-12-17(4)13-10-7-8-11-14-21-19(22)15-18(20(21)23)24-16(2)3/h16-18H,5-15H2,1-4H3/t17?,18-/m1/s1. The summed E-state index contributed by atoms with van der Waals surface area (Å²) in [7, 11) is 0. The molecule has 2 amide bonds. The quantitative estimate of drug-likeness (QED) is 0.327. The van der Waals surface area contributed by atoms with Crippen LogP contribution in [0.4, 0.5) is 0 Å². The Morgan fingerprint density at radius 1 is 1.00 bits per heavy atom. The first-order valence-electron chi connectivity index (χ1n) is 9.95. The van der Waals surface area contributed by atoms with Crippen molar-refractivity contribution in [2.24, 2.45) is 5.92 Å². The molecule has 1 aliphatic heterocycles. The van der Waals surface area contributed by atoms with E-state index in [2.05, 4.69) is 27.7 Å². The monoisotopic (exact) mass is 355 g/mol. The smallest absolute Gasteiger partial charge is 0.242 e. The van der Waals surface area contributed by atoms with E-state index in [4.69, 9.17) is 0 Å². The van der Waals surface area contributed by atoms with Gasteiger partial charge in [-0.3, -0.25) is 14.5 Å². The average Bonchev–Trinajstić information content (AvgIpc) is 2.77. The molecular formula is C20H37NO2S. The van der Waals surface area contributed by atoms with Gasteiger partial charge in [0.05, 0.1) is 5.25 Å². The van der Waals surface area contributed by atoms with Crippen molar-refractivity contribution in [3.05, 3.63) is 0 Å². The second kappa shape index (κ2) is 11.9. The lowest BCUT2D eigenvalue weighted by Gasteiger charge is -2.15. The molecule has 1 rings (SSSR count). The van der Waals surface area contributed by atoms with Gasteiger partial charge in [0, 0.05) is 13.0 Å². The van der Waals surface area contributed by atoms with Crippen LogP contribution in [0.25, 0.3) is 0 Å². The largest absolute Gasteiger partial charge is 0.282 e. The van der Waals surface area contributed by atoms with Crippen LogP contribution in [0.15, 0.2) is 0 Å². The molecule has 1 aliphatic rings. The first kappa shape index (κ1) is 21.5. The zero-order chi connectivity index (χ0) is 17.9. The Morgan fingerprint density at radius 3 is 2.25 bits per heavy atom. The maximum atomic E-state index is 12.3. The lowest BCUT2D eigenvalue weighted by molar-refractivity contribution is -0.138. The number of likely N-dealkylation sites (tertiary alicyclic amines) is 1. The molecule has 0 aromatic rings. The number of amides is 2. The van der Waals surface area contributed by atoms with E-state index >= 15 is 0 Å². The number of carbonyl (C=O) groups excluding carboxylic acids is 2. The molecule has 3 nitrogen and oxygen atoms in total. The predicted octanol–water partition coefficient (Wildman–Crippen LogP) is 5.42. The Labute approximate surface area is 153 Å². The maximum absolute atomic E-state index is 12.3. The van der Waals surface area contributed by atoms with Crippen molar-refractivity contribution in [3.63, 3.8) is 0 Å². The Bertz CT molecular complexity index is 384. The lowest BCUT2D eigenvalue weighted by atomic mass is 9.97. The molecule has 1 saturated heterocycles. The van der Waals surface area contributed by atoms with E-state index < -0.39 is 0 Å². The minimum Gasteiger partial charge on any atom is -0.282 e. The van der Waals surface area contributed by atoms with Crippen molar-refractivity contribution in [3.8, 4) is 0 Å². The minimum atomic E-state index is -0.138. The third-order valence-corrected chi connectivity index (χ3v) is 6.01. The van der Waals surface area contributed by atoms with E-state index in [1.807, 2.05) is 0 Å². The molecular weight excluding hydrogens is 318 g/mol. The van der Waals surface area contributed by atoms with E-state index in [0.29, 0.717) is 18.2 Å². The van der Waals surface area contributed by atoms with Crippen molar-refractivity contribution in [1.82, 2.24) is 4.90 Å². The second-order valence-electron chi connectivity index (χ2n) is 7.57. The molecule has 0 N–H and O–H groups in total. The maximum Gasteiger partial charge on any atom is 0.242 e. The molecule has 4 heteroatoms. The van der Waals surface area contributed by atoms with E-state index in [0.717, 1.165) is 18.8 Å². The zero-order valence-corrected chi connectivity index (χ0v) is 17.0. The van der Waals surface area contributed by atoms with Gasteiger partial charge >= 0.3 is 0 Å². The molecule has 0 saturated carbocycles. The molecule has 0 bridgehead atoms. The van der Waals surface area contributed by atoms with Crippen LogP contribution in [-0.2, 0) is 9.59 Å². The van der Waals surface area contributed by atoms with E-state index in [-0.39, 0.29) is 17.1 Å². The molecule has 1 heterocycles. The number of carbonyl (C=O) groups is 2. The molecule has 2 atom stereocenters. The number of imide groups is 1. The zero-order valence-electron chi connectivity index (χ0n) is 16.2. The van der Waals surface area contributed by atoms with Gasteiger partial charge in [0.2, 0.25) is 11.8 Å². The topological polar surface area (TPSA) is 37.4 Å². The molecule has 1 unspecified atom stereocenters. The lowest BCUT2D eigenvalue weighted by Crippen LogP contribution is -2.32. The van der Waals surface area contributed by atoms with E-state index in [9.17, 15) is 9.59 Å². The Balaban J connectivity index is 2.10. The van der Waals surface area contributed by atoms with Crippen LogP contribution in [0.2, 0.25) is 0 Å². The predicted molar refractivity (Wildman–Crippen MR) is 104 cm³/mol. The van der Waals surface area contributed by atoms with Crippen LogP contribution >= 0.6 is 11.8 Å². The van der Waals surface area contributed by atoms with E-state index in [1.54, 1.807) is 11.8 Å². The summed E-state index contributed by atoms with van der Waals surface area (Å²) in [4.78, 5) is 25.8. The highest BCUT2D eigenvalue weighted by atomic mass is 32.2. The summed E-state index contributed by atoms with van der Waals surface area (Å²) in [6, 6.07) is 0. The molecule has 24 heavy (non-hydrogen) atoms. The summed E-state index contributed by atoms with van der Waals surface area (Å²) in [5.74, 6) is 0.915. The number of nitrogens with zero attached hydrogens (tertiary/aromatic N) is 1. The van der Waals surface area contributed by atoms with Gasteiger partial charge in [0.1, 0.15) is 0 Å². The third-order valence-electron chi connectivity index (χ3n) is 4.77. The van der Waals surface area contributed by atoms with Crippen molar-refractivity contribution in [2.45, 2.75) is 102 Å². The number of hydrogen-bond acceptors (Lipinski definition) is 3. The Hall–Kier alpha value is -0.510. The first-order valence-corrected chi connectivity index (χ1v) is 10.9. The van der Waals surface area contributed by atoms with Gasteiger partial charge in [-0.05, 0) is 17.6 Å². The first-order chi connectivity index (χ1) is 11.5. The molecule has 0 aromatic carbocycles. The fourth-order valence-corrected chi connectivity index (χ4v) is 4.47. The van der Waals surface area contributed by atoms with Crippen LogP contribution in [0, 0.1) is 5.92 Å². The van der Waals surface area contributed by atoms with Crippen molar-refractivity contribution >= 4 is 23.6 Å². The van der Waals surface area contributed by atoms with Gasteiger partial charge in [-0.15, -0.1) is 11.8 Å². The van der Waals surface area contributed by atoms with Gasteiger partial charge in [0.15, 0.2) is 0 Å². The fraction of sp³-hybridized carbons (Fsp3) is 0.900. The van der Waals surface area contributed by atoms with Gasteiger partial charge < -0.3 is 0 Å². The molecule has 1 fully saturated rings. The highest BCUT2D eigenvalue weighted by Crippen LogP contribution is 2.28. The molecule has 140 valence electrons. The summed E-state index contributed by atoms with van der Waals surface area (Å²) in [6.45, 7) is 9.40. The van der Waals surface area contributed by atoms with Gasteiger partial charge in [0.25, 0.3) is 0 Å². The van der Waals surface area contributed by atoms with Crippen molar-refractivity contribution in [2.75, 3.05) is 6.54 Å². The van der Waals surface area contributed by atoms with Gasteiger partial charge in [-0.1, -0.05) is 79.1 Å². The van der Waals surface area contributed by atoms with Crippen LogP contribution in [0.3, 0.4) is 0 Å². The van der Waals surface area contributed by atoms with Crippen LogP contribution in [0.1, 0.15) is 91.9 Å².